The van der Waals surface area contributed by atoms with E-state index in [9.17, 15) is 40.3 Å². The first-order chi connectivity index (χ1) is 17.0. The fourth-order valence-electron chi connectivity index (χ4n) is 7.66. The van der Waals surface area contributed by atoms with Crippen LogP contribution >= 0.6 is 0 Å². The third kappa shape index (κ3) is 3.76. The number of allylic oxidation sites excluding steroid dienone is 4. The summed E-state index contributed by atoms with van der Waals surface area (Å²) >= 11 is 0. The van der Waals surface area contributed by atoms with E-state index in [1.165, 1.54) is 19.1 Å². The van der Waals surface area contributed by atoms with Gasteiger partial charge in [-0.3, -0.25) is 4.79 Å². The van der Waals surface area contributed by atoms with E-state index in [1.54, 1.807) is 18.2 Å². The summed E-state index contributed by atoms with van der Waals surface area (Å²) in [5, 5.41) is 11.3. The third-order valence-corrected chi connectivity index (χ3v) is 10.6. The Labute approximate surface area is 212 Å². The molecule has 37 heavy (non-hydrogen) atoms. The van der Waals surface area contributed by atoms with Gasteiger partial charge in [0.15, 0.2) is 15.6 Å². The van der Waals surface area contributed by atoms with Crippen LogP contribution in [0.25, 0.3) is 0 Å². The molecule has 0 saturated heterocycles. The van der Waals surface area contributed by atoms with Gasteiger partial charge in [0.1, 0.15) is 5.60 Å². The molecule has 4 aliphatic rings. The van der Waals surface area contributed by atoms with Crippen LogP contribution in [-0.4, -0.2) is 43.3 Å². The number of benzene rings is 1. The predicted octanol–water partition coefficient (Wildman–Crippen LogP) is 5.92. The van der Waals surface area contributed by atoms with Gasteiger partial charge in [0.2, 0.25) is 0 Å². The molecule has 5 rings (SSSR count). The van der Waals surface area contributed by atoms with E-state index in [1.807, 2.05) is 0 Å². The number of ketones is 1. The number of aliphatic hydroxyl groups is 1. The van der Waals surface area contributed by atoms with Crippen LogP contribution in [0.4, 0.5) is 22.0 Å². The summed E-state index contributed by atoms with van der Waals surface area (Å²) in [5.74, 6) is -6.79. The number of hydrogen-bond donors (Lipinski definition) is 1. The molecule has 2 saturated carbocycles. The number of halogens is 5. The Balaban J connectivity index is 1.69. The zero-order valence-electron chi connectivity index (χ0n) is 20.5. The fourth-order valence-corrected chi connectivity index (χ4v) is 8.29. The summed E-state index contributed by atoms with van der Waals surface area (Å²) in [5.41, 5.74) is -1.62. The molecule has 0 heterocycles. The zero-order chi connectivity index (χ0) is 27.2. The van der Waals surface area contributed by atoms with Gasteiger partial charge in [-0.05, 0) is 85.3 Å². The standard InChI is InChI=1S/C27H29F5O4S/c1-24-14-21(15-3-7-18(8-4-15)37(2,35)36)23-19-10-6-17(33)13-16(19)5-9-20(23)22(24)11-12-25(24,34)26(28,29)27(30,31)32/h3-4,7-8,13,20-22,34H,5-6,9-12,14H2,1-2H3/t20-,21-,22-,24-,25+/m0/s1. The van der Waals surface area contributed by atoms with E-state index in [4.69, 9.17) is 0 Å². The third-order valence-electron chi connectivity index (χ3n) is 9.47. The number of rotatable bonds is 3. The first-order valence-electron chi connectivity index (χ1n) is 12.4. The molecule has 0 aromatic heterocycles. The van der Waals surface area contributed by atoms with Crippen LogP contribution in [0.15, 0.2) is 52.0 Å². The highest BCUT2D eigenvalue weighted by Crippen LogP contribution is 2.70. The largest absolute Gasteiger partial charge is 0.456 e. The average Bonchev–Trinajstić information content (AvgIpc) is 3.09. The molecule has 0 radical (unpaired) electrons. The molecule has 1 N–H and O–H groups in total. The highest BCUT2D eigenvalue weighted by Gasteiger charge is 2.79. The van der Waals surface area contributed by atoms with Crippen LogP contribution in [0.3, 0.4) is 0 Å². The summed E-state index contributed by atoms with van der Waals surface area (Å²) in [7, 11) is -3.50. The van der Waals surface area contributed by atoms with Gasteiger partial charge in [0, 0.05) is 24.0 Å². The second-order valence-corrected chi connectivity index (χ2v) is 13.3. The van der Waals surface area contributed by atoms with Crippen molar-refractivity contribution in [1.82, 2.24) is 0 Å². The molecule has 5 atom stereocenters. The summed E-state index contributed by atoms with van der Waals surface area (Å²) in [4.78, 5) is 12.2. The molecule has 10 heteroatoms. The van der Waals surface area contributed by atoms with Crippen molar-refractivity contribution in [3.8, 4) is 0 Å². The van der Waals surface area contributed by atoms with Crippen molar-refractivity contribution in [2.75, 3.05) is 6.26 Å². The van der Waals surface area contributed by atoms with E-state index in [0.29, 0.717) is 31.2 Å². The summed E-state index contributed by atoms with van der Waals surface area (Å²) in [6, 6.07) is 5.98. The number of hydrogen-bond acceptors (Lipinski definition) is 4. The van der Waals surface area contributed by atoms with Gasteiger partial charge in [-0.1, -0.05) is 24.6 Å². The SMILES string of the molecule is C[C@]12C[C@@H](c3ccc(S(C)(=O)=O)cc3)C3=C4CCC(=O)C=C4CC[C@H]3[C@@H]1CC[C@]2(O)C(F)(F)C(F)(F)F. The smallest absolute Gasteiger partial charge is 0.383 e. The monoisotopic (exact) mass is 544 g/mol. The lowest BCUT2D eigenvalue weighted by atomic mass is 9.50. The van der Waals surface area contributed by atoms with Gasteiger partial charge in [-0.15, -0.1) is 0 Å². The summed E-state index contributed by atoms with van der Waals surface area (Å²) in [6.45, 7) is 1.36. The quantitative estimate of drug-likeness (QED) is 0.480. The Morgan fingerprint density at radius 2 is 1.65 bits per heavy atom. The molecule has 1 aromatic rings. The number of carbonyl (C=O) groups is 1. The molecule has 0 spiro atoms. The lowest BCUT2D eigenvalue weighted by Gasteiger charge is -2.56. The van der Waals surface area contributed by atoms with Crippen LogP contribution in [0.5, 0.6) is 0 Å². The Morgan fingerprint density at radius 3 is 2.24 bits per heavy atom. The summed E-state index contributed by atoms with van der Waals surface area (Å²) in [6.07, 6.45) is -2.22. The van der Waals surface area contributed by atoms with E-state index in [0.717, 1.165) is 23.0 Å². The molecule has 0 unspecified atom stereocenters. The van der Waals surface area contributed by atoms with Crippen molar-refractivity contribution >= 4 is 15.6 Å². The topological polar surface area (TPSA) is 71.4 Å². The highest BCUT2D eigenvalue weighted by molar-refractivity contribution is 7.90. The molecular weight excluding hydrogens is 515 g/mol. The van der Waals surface area contributed by atoms with Crippen molar-refractivity contribution in [3.05, 3.63) is 52.6 Å². The lowest BCUT2D eigenvalue weighted by molar-refractivity contribution is -0.362. The maximum Gasteiger partial charge on any atom is 0.456 e. The second-order valence-electron chi connectivity index (χ2n) is 11.3. The maximum atomic E-state index is 15.0. The van der Waals surface area contributed by atoms with Gasteiger partial charge >= 0.3 is 12.1 Å². The van der Waals surface area contributed by atoms with Crippen molar-refractivity contribution in [2.24, 2.45) is 17.3 Å². The van der Waals surface area contributed by atoms with Gasteiger partial charge in [-0.2, -0.15) is 22.0 Å². The van der Waals surface area contributed by atoms with E-state index >= 15 is 0 Å². The summed E-state index contributed by atoms with van der Waals surface area (Å²) < 4.78 is 94.8. The number of sulfone groups is 1. The molecule has 4 nitrogen and oxygen atoms in total. The van der Waals surface area contributed by atoms with Crippen LogP contribution in [-0.2, 0) is 14.6 Å². The van der Waals surface area contributed by atoms with Gasteiger partial charge in [0.05, 0.1) is 4.90 Å². The molecule has 4 aliphatic carbocycles. The minimum atomic E-state index is -5.91. The van der Waals surface area contributed by atoms with Crippen molar-refractivity contribution in [3.63, 3.8) is 0 Å². The van der Waals surface area contributed by atoms with Crippen LogP contribution in [0, 0.1) is 17.3 Å². The van der Waals surface area contributed by atoms with E-state index < -0.39 is 51.2 Å². The normalized spacial score (nSPS) is 34.5. The molecule has 1 aromatic carbocycles. The minimum Gasteiger partial charge on any atom is -0.383 e. The lowest BCUT2D eigenvalue weighted by Crippen LogP contribution is -2.65. The van der Waals surface area contributed by atoms with E-state index in [2.05, 4.69) is 0 Å². The van der Waals surface area contributed by atoms with Crippen LogP contribution in [0.2, 0.25) is 0 Å². The highest BCUT2D eigenvalue weighted by atomic mass is 32.2. The van der Waals surface area contributed by atoms with E-state index in [-0.39, 0.29) is 29.4 Å². The average molecular weight is 545 g/mol. The molecule has 0 aliphatic heterocycles. The molecule has 0 bridgehead atoms. The van der Waals surface area contributed by atoms with Gasteiger partial charge < -0.3 is 5.11 Å². The Hall–Kier alpha value is -2.07. The fraction of sp³-hybridized carbons (Fsp3) is 0.593. The van der Waals surface area contributed by atoms with Crippen LogP contribution in [0.1, 0.15) is 63.4 Å². The Bertz CT molecular complexity index is 1310. The Morgan fingerprint density at radius 1 is 1.00 bits per heavy atom. The number of alkyl halides is 5. The van der Waals surface area contributed by atoms with Gasteiger partial charge in [-0.25, -0.2) is 8.42 Å². The first kappa shape index (κ1) is 26.5. The molecule has 2 fully saturated rings. The molecule has 202 valence electrons. The van der Waals surface area contributed by atoms with Crippen LogP contribution < -0.4 is 0 Å². The second kappa shape index (κ2) is 8.21. The molecule has 0 amide bonds. The van der Waals surface area contributed by atoms with Crippen molar-refractivity contribution < 1.29 is 40.3 Å². The zero-order valence-corrected chi connectivity index (χ0v) is 21.4. The van der Waals surface area contributed by atoms with Gasteiger partial charge in [0.25, 0.3) is 0 Å². The van der Waals surface area contributed by atoms with Crippen molar-refractivity contribution in [1.29, 1.82) is 0 Å². The molecular formula is C27H29F5O4S. The Kier molecular flexibility index (Phi) is 5.89. The predicted molar refractivity (Wildman–Crippen MR) is 126 cm³/mol. The minimum absolute atomic E-state index is 0.00700. The maximum absolute atomic E-state index is 15.0. The first-order valence-corrected chi connectivity index (χ1v) is 14.3. The number of fused-ring (bicyclic) bond motifs is 4. The number of carbonyl (C=O) groups excluding carboxylic acids is 1. The van der Waals surface area contributed by atoms with Crippen molar-refractivity contribution in [2.45, 2.75) is 80.4 Å².